The van der Waals surface area contributed by atoms with Crippen LogP contribution in [0, 0.1) is 39.2 Å². The van der Waals surface area contributed by atoms with Gasteiger partial charge in [-0.2, -0.15) is 11.3 Å². The van der Waals surface area contributed by atoms with Crippen molar-refractivity contribution in [3.8, 4) is 0 Å². The Balaban J connectivity index is 1.44. The Morgan fingerprint density at radius 3 is 2.74 bits per heavy atom. The number of rotatable bonds is 14. The fourth-order valence-corrected chi connectivity index (χ4v) is 7.61. The molecule has 4 aliphatic rings. The molecule has 4 fully saturated rings. The molecule has 11 nitrogen and oxygen atoms in total. The molecule has 1 aliphatic heterocycles. The monoisotopic (exact) mass is 601 g/mol. The van der Waals surface area contributed by atoms with E-state index < -0.39 is 18.1 Å². The summed E-state index contributed by atoms with van der Waals surface area (Å²) in [5, 5.41) is 16.9. The van der Waals surface area contributed by atoms with Crippen LogP contribution in [0.25, 0.3) is 6.08 Å². The van der Waals surface area contributed by atoms with E-state index in [1.54, 1.807) is 17.4 Å². The molecule has 3 aliphatic carbocycles. The summed E-state index contributed by atoms with van der Waals surface area (Å²) in [6, 6.07) is 1.92. The second-order valence-electron chi connectivity index (χ2n) is 13.1. The molecule has 5 rings (SSSR count). The van der Waals surface area contributed by atoms with E-state index in [1.807, 2.05) is 22.3 Å². The van der Waals surface area contributed by atoms with Gasteiger partial charge in [0.25, 0.3) is 5.96 Å². The predicted octanol–water partition coefficient (Wildman–Crippen LogP) is 4.01. The number of thiophene rings is 1. The maximum absolute atomic E-state index is 13.7. The molecule has 1 aromatic rings. The molecule has 2 bridgehead atoms. The predicted molar refractivity (Wildman–Crippen MR) is 164 cm³/mol. The van der Waals surface area contributed by atoms with Crippen LogP contribution >= 0.6 is 11.3 Å². The van der Waals surface area contributed by atoms with Gasteiger partial charge in [0.2, 0.25) is 5.91 Å². The smallest absolute Gasteiger partial charge is 0.404 e. The number of hydrogen-bond donors (Lipinski definition) is 3. The third kappa shape index (κ3) is 7.41. The van der Waals surface area contributed by atoms with Crippen LogP contribution < -0.4 is 16.5 Å². The van der Waals surface area contributed by atoms with Gasteiger partial charge < -0.3 is 20.4 Å². The molecule has 1 aromatic heterocycles. The SMILES string of the molecule is CC(C)C[C@H](NC(=O)[C@H](CCCN=C(N)N[N+](=O)[O-])CC(=O)/C=C/c1ccsc1)B1O[C@@H]2C[C@@H]3C[C@@H](C3(C)C)[C@]2(C)O1. The van der Waals surface area contributed by atoms with Crippen LogP contribution in [-0.2, 0) is 18.9 Å². The number of amides is 1. The van der Waals surface area contributed by atoms with E-state index in [0.717, 1.165) is 18.4 Å². The second kappa shape index (κ2) is 13.3. The van der Waals surface area contributed by atoms with E-state index in [-0.39, 0.29) is 59.6 Å². The number of allylic oxidation sites excluding steroid dienone is 1. The number of aliphatic imine (C=N–C) groups is 1. The normalized spacial score (nSPS) is 27.8. The van der Waals surface area contributed by atoms with Gasteiger partial charge in [-0.05, 0) is 90.7 Å². The number of guanidine groups is 1. The number of carbonyl (C=O) groups excluding carboxylic acids is 2. The first-order valence-corrected chi connectivity index (χ1v) is 15.8. The topological polar surface area (TPSA) is 158 Å². The summed E-state index contributed by atoms with van der Waals surface area (Å²) in [6.07, 6.45) is 6.84. The van der Waals surface area contributed by atoms with Crippen LogP contribution in [0.5, 0.6) is 0 Å². The highest BCUT2D eigenvalue weighted by atomic mass is 32.1. The lowest BCUT2D eigenvalue weighted by molar-refractivity contribution is -0.525. The van der Waals surface area contributed by atoms with E-state index >= 15 is 0 Å². The molecule has 0 aromatic carbocycles. The first-order chi connectivity index (χ1) is 19.8. The molecule has 1 saturated heterocycles. The molecular formula is C29H44BN5O6S. The highest BCUT2D eigenvalue weighted by Gasteiger charge is 2.68. The van der Waals surface area contributed by atoms with Gasteiger partial charge >= 0.3 is 7.12 Å². The standard InChI is InChI=1S/C29H44BN5O6S/c1-18(2)13-25(30-40-24-16-21-15-23(28(21,3)4)29(24,5)41-30)33-26(37)20(7-6-11-32-27(31)34-35(38)39)14-22(36)9-8-19-10-12-42-17-19/h8-10,12,17-18,20-21,23-25H,6-7,11,13-16H2,1-5H3,(H,33,37)(H3,31,32,34)/b9-8+/t20-,21+,23+,24-,25+,29+/m1/s1. The Morgan fingerprint density at radius 2 is 2.10 bits per heavy atom. The minimum atomic E-state index is -0.781. The van der Waals surface area contributed by atoms with Crippen molar-refractivity contribution < 1.29 is 23.9 Å². The molecule has 13 heteroatoms. The summed E-state index contributed by atoms with van der Waals surface area (Å²) in [7, 11) is -0.561. The van der Waals surface area contributed by atoms with Crippen molar-refractivity contribution in [3.05, 3.63) is 38.6 Å². The highest BCUT2D eigenvalue weighted by molar-refractivity contribution is 7.08. The van der Waals surface area contributed by atoms with Crippen molar-refractivity contribution in [1.29, 1.82) is 0 Å². The molecule has 42 heavy (non-hydrogen) atoms. The molecule has 1 amide bonds. The van der Waals surface area contributed by atoms with Crippen molar-refractivity contribution in [2.24, 2.45) is 39.8 Å². The number of hydrazine groups is 1. The molecule has 0 spiro atoms. The van der Waals surface area contributed by atoms with Crippen LogP contribution in [0.4, 0.5) is 0 Å². The lowest BCUT2D eigenvalue weighted by Crippen LogP contribution is -2.65. The molecule has 3 saturated carbocycles. The van der Waals surface area contributed by atoms with Crippen molar-refractivity contribution in [2.45, 2.75) is 90.8 Å². The lowest BCUT2D eigenvalue weighted by atomic mass is 9.43. The third-order valence-corrected chi connectivity index (χ3v) is 10.1. The van der Waals surface area contributed by atoms with Gasteiger partial charge in [-0.25, -0.2) is 15.1 Å². The Bertz CT molecular complexity index is 1190. The fourth-order valence-electron chi connectivity index (χ4n) is 6.98. The first kappa shape index (κ1) is 32.2. The minimum absolute atomic E-state index is 0.00144. The molecule has 4 N–H and O–H groups in total. The maximum atomic E-state index is 13.7. The Morgan fingerprint density at radius 1 is 1.33 bits per heavy atom. The van der Waals surface area contributed by atoms with Gasteiger partial charge in [0.15, 0.2) is 10.8 Å². The Labute approximate surface area is 252 Å². The molecule has 6 atom stereocenters. The number of nitrogens with two attached hydrogens (primary N) is 1. The summed E-state index contributed by atoms with van der Waals surface area (Å²) in [4.78, 5) is 41.2. The van der Waals surface area contributed by atoms with Crippen molar-refractivity contribution in [1.82, 2.24) is 10.7 Å². The van der Waals surface area contributed by atoms with E-state index in [0.29, 0.717) is 31.1 Å². The summed E-state index contributed by atoms with van der Waals surface area (Å²) >= 11 is 1.54. The zero-order valence-electron chi connectivity index (χ0n) is 25.2. The van der Waals surface area contributed by atoms with Gasteiger partial charge in [-0.1, -0.05) is 39.2 Å². The average Bonchev–Trinajstić information content (AvgIpc) is 3.55. The Kier molecular flexibility index (Phi) is 10.1. The van der Waals surface area contributed by atoms with E-state index in [2.05, 4.69) is 44.9 Å². The van der Waals surface area contributed by atoms with E-state index in [4.69, 9.17) is 15.0 Å². The number of nitrogens with zero attached hydrogens (tertiary/aromatic N) is 2. The van der Waals surface area contributed by atoms with E-state index in [1.165, 1.54) is 6.08 Å². The number of ketones is 1. The van der Waals surface area contributed by atoms with Crippen molar-refractivity contribution >= 4 is 42.2 Å². The maximum Gasteiger partial charge on any atom is 0.481 e. The number of nitro groups is 1. The largest absolute Gasteiger partial charge is 0.481 e. The number of carbonyl (C=O) groups is 2. The summed E-state index contributed by atoms with van der Waals surface area (Å²) in [6.45, 7) is 11.2. The molecule has 230 valence electrons. The molecule has 0 radical (unpaired) electrons. The van der Waals surface area contributed by atoms with Crippen LogP contribution in [0.1, 0.15) is 78.7 Å². The second-order valence-corrected chi connectivity index (χ2v) is 13.9. The summed E-state index contributed by atoms with van der Waals surface area (Å²) < 4.78 is 13.2. The van der Waals surface area contributed by atoms with Crippen molar-refractivity contribution in [2.75, 3.05) is 6.54 Å². The third-order valence-electron chi connectivity index (χ3n) is 9.37. The fraction of sp³-hybridized carbons (Fsp3) is 0.690. The van der Waals surface area contributed by atoms with E-state index in [9.17, 15) is 19.7 Å². The van der Waals surface area contributed by atoms with Gasteiger partial charge in [0.1, 0.15) is 0 Å². The quantitative estimate of drug-likeness (QED) is 0.0549. The summed E-state index contributed by atoms with van der Waals surface area (Å²) in [5.41, 5.74) is 8.08. The van der Waals surface area contributed by atoms with Crippen LogP contribution in [-0.4, -0.2) is 54.0 Å². The highest BCUT2D eigenvalue weighted by Crippen LogP contribution is 2.65. The zero-order chi connectivity index (χ0) is 30.7. The lowest BCUT2D eigenvalue weighted by Gasteiger charge is -2.64. The zero-order valence-corrected chi connectivity index (χ0v) is 26.0. The summed E-state index contributed by atoms with van der Waals surface area (Å²) in [5.74, 6) is -0.378. The van der Waals surface area contributed by atoms with Gasteiger partial charge in [0, 0.05) is 18.9 Å². The minimum Gasteiger partial charge on any atom is -0.404 e. The van der Waals surface area contributed by atoms with Gasteiger partial charge in [-0.3, -0.25) is 9.59 Å². The Hall–Kier alpha value is -2.77. The molecule has 2 heterocycles. The van der Waals surface area contributed by atoms with Gasteiger partial charge in [0.05, 0.1) is 17.6 Å². The van der Waals surface area contributed by atoms with Crippen LogP contribution in [0.15, 0.2) is 27.9 Å². The first-order valence-electron chi connectivity index (χ1n) is 14.9. The van der Waals surface area contributed by atoms with Crippen LogP contribution in [0.3, 0.4) is 0 Å². The molecular weight excluding hydrogens is 557 g/mol. The number of nitrogens with one attached hydrogen (secondary N) is 2. The van der Waals surface area contributed by atoms with Crippen LogP contribution in [0.2, 0.25) is 0 Å². The van der Waals surface area contributed by atoms with Gasteiger partial charge in [-0.15, -0.1) is 0 Å². The molecule has 0 unspecified atom stereocenters. The number of hydrogen-bond acceptors (Lipinski definition) is 8. The van der Waals surface area contributed by atoms with Crippen molar-refractivity contribution in [3.63, 3.8) is 0 Å². The average molecular weight is 602 g/mol.